The van der Waals surface area contributed by atoms with Gasteiger partial charge in [0.25, 0.3) is 0 Å². The van der Waals surface area contributed by atoms with E-state index in [9.17, 15) is 9.59 Å². The van der Waals surface area contributed by atoms with Gasteiger partial charge in [0.15, 0.2) is 10.6 Å². The minimum absolute atomic E-state index is 0.368. The number of halogens is 1. The summed E-state index contributed by atoms with van der Waals surface area (Å²) < 4.78 is 15.3. The number of esters is 1. The second-order valence-electron chi connectivity index (χ2n) is 4.55. The lowest BCUT2D eigenvalue weighted by Crippen LogP contribution is -2.25. The highest BCUT2D eigenvalue weighted by Gasteiger charge is 2.25. The maximum absolute atomic E-state index is 12.1. The van der Waals surface area contributed by atoms with E-state index in [-0.39, 0.29) is 5.78 Å². The molecule has 0 saturated heterocycles. The highest BCUT2D eigenvalue weighted by atomic mass is 79.9. The molecule has 0 saturated carbocycles. The zero-order valence-electron chi connectivity index (χ0n) is 12.6. The molecule has 0 heterocycles. The van der Waals surface area contributed by atoms with Crippen molar-refractivity contribution in [3.63, 3.8) is 0 Å². The fraction of sp³-hybridized carbons (Fsp3) is 0.176. The van der Waals surface area contributed by atoms with Gasteiger partial charge in [-0.1, -0.05) is 15.9 Å². The van der Waals surface area contributed by atoms with Crippen LogP contribution in [0, 0.1) is 0 Å². The van der Waals surface area contributed by atoms with Gasteiger partial charge >= 0.3 is 5.97 Å². The van der Waals surface area contributed by atoms with Crippen LogP contribution >= 0.6 is 15.9 Å². The molecule has 5 nitrogen and oxygen atoms in total. The molecular formula is C17H15BrO5. The molecule has 0 N–H and O–H groups in total. The third-order valence-corrected chi connectivity index (χ3v) is 3.86. The Morgan fingerprint density at radius 1 is 0.870 bits per heavy atom. The van der Waals surface area contributed by atoms with Gasteiger partial charge in [-0.25, -0.2) is 0 Å². The third kappa shape index (κ3) is 4.32. The van der Waals surface area contributed by atoms with Crippen molar-refractivity contribution in [3.05, 3.63) is 54.1 Å². The molecule has 120 valence electrons. The van der Waals surface area contributed by atoms with E-state index in [1.54, 1.807) is 55.6 Å². The summed E-state index contributed by atoms with van der Waals surface area (Å²) >= 11 is 3.02. The summed E-state index contributed by atoms with van der Waals surface area (Å²) in [6.07, 6.45) is 0. The molecule has 0 bridgehead atoms. The van der Waals surface area contributed by atoms with Crippen molar-refractivity contribution in [3.8, 4) is 17.2 Å². The van der Waals surface area contributed by atoms with E-state index in [4.69, 9.17) is 9.47 Å². The number of ether oxygens (including phenoxy) is 3. The van der Waals surface area contributed by atoms with Crippen molar-refractivity contribution >= 4 is 27.7 Å². The van der Waals surface area contributed by atoms with E-state index in [1.807, 2.05) is 0 Å². The number of methoxy groups -OCH3 is 2. The van der Waals surface area contributed by atoms with Crippen molar-refractivity contribution in [2.45, 2.75) is 4.83 Å². The number of carbonyl (C=O) groups is 2. The van der Waals surface area contributed by atoms with Crippen molar-refractivity contribution in [2.24, 2.45) is 0 Å². The molecular weight excluding hydrogens is 364 g/mol. The number of hydrogen-bond acceptors (Lipinski definition) is 5. The van der Waals surface area contributed by atoms with Gasteiger partial charge in [-0.05, 0) is 48.5 Å². The Bertz CT molecular complexity index is 679. The predicted molar refractivity (Wildman–Crippen MR) is 88.6 cm³/mol. The monoisotopic (exact) mass is 378 g/mol. The first-order valence-electron chi connectivity index (χ1n) is 6.73. The fourth-order valence-corrected chi connectivity index (χ4v) is 2.28. The molecule has 0 aliphatic heterocycles. The normalized spacial score (nSPS) is 11.4. The smallest absolute Gasteiger partial charge is 0.327 e. The maximum Gasteiger partial charge on any atom is 0.327 e. The molecule has 0 radical (unpaired) electrons. The molecule has 0 amide bonds. The van der Waals surface area contributed by atoms with Gasteiger partial charge in [0.2, 0.25) is 0 Å². The zero-order valence-corrected chi connectivity index (χ0v) is 14.2. The van der Waals surface area contributed by atoms with E-state index < -0.39 is 10.8 Å². The Morgan fingerprint density at radius 2 is 1.35 bits per heavy atom. The maximum atomic E-state index is 12.1. The summed E-state index contributed by atoms with van der Waals surface area (Å²) in [4.78, 5) is 22.4. The van der Waals surface area contributed by atoms with Crippen LogP contribution in [0.15, 0.2) is 48.5 Å². The van der Waals surface area contributed by atoms with Crippen LogP contribution in [0.1, 0.15) is 10.4 Å². The van der Waals surface area contributed by atoms with Gasteiger partial charge in [-0.15, -0.1) is 0 Å². The van der Waals surface area contributed by atoms with E-state index >= 15 is 0 Å². The number of ketones is 1. The molecule has 0 aliphatic rings. The number of carbonyl (C=O) groups excluding carboxylic acids is 2. The van der Waals surface area contributed by atoms with Crippen LogP contribution < -0.4 is 9.47 Å². The van der Waals surface area contributed by atoms with Gasteiger partial charge in [0, 0.05) is 5.56 Å². The van der Waals surface area contributed by atoms with Gasteiger partial charge in [0.1, 0.15) is 17.2 Å². The summed E-state index contributed by atoms with van der Waals surface area (Å²) in [6.45, 7) is 0. The minimum Gasteiger partial charge on any atom is -0.497 e. The summed E-state index contributed by atoms with van der Waals surface area (Å²) in [7, 11) is 2.83. The lowest BCUT2D eigenvalue weighted by molar-refractivity contribution is -0.138. The molecule has 2 rings (SSSR count). The molecule has 0 aliphatic carbocycles. The fourth-order valence-electron chi connectivity index (χ4n) is 1.82. The first-order valence-corrected chi connectivity index (χ1v) is 7.65. The standard InChI is InChI=1S/C17H15BrO5/c1-21-12-7-9-14(10-8-12)23-13-5-3-11(4-6-13)16(19)15(18)17(20)22-2/h3-10,15H,1-2H3. The molecule has 0 fully saturated rings. The lowest BCUT2D eigenvalue weighted by Gasteiger charge is -2.09. The van der Waals surface area contributed by atoms with Crippen molar-refractivity contribution in [2.75, 3.05) is 14.2 Å². The number of benzene rings is 2. The SMILES string of the molecule is COC(=O)C(Br)C(=O)c1ccc(Oc2ccc(OC)cc2)cc1. The molecule has 0 spiro atoms. The minimum atomic E-state index is -1.01. The number of Topliss-reactive ketones (excluding diaryl/α,β-unsaturated/α-hetero) is 1. The average Bonchev–Trinajstić information content (AvgIpc) is 2.61. The highest BCUT2D eigenvalue weighted by molar-refractivity contribution is 9.10. The van der Waals surface area contributed by atoms with Crippen LogP contribution in [0.5, 0.6) is 17.2 Å². The van der Waals surface area contributed by atoms with E-state index in [1.165, 1.54) is 7.11 Å². The molecule has 23 heavy (non-hydrogen) atoms. The Labute approximate surface area is 142 Å². The van der Waals surface area contributed by atoms with Crippen LogP contribution in [0.25, 0.3) is 0 Å². The Morgan fingerprint density at radius 3 is 1.83 bits per heavy atom. The third-order valence-electron chi connectivity index (χ3n) is 3.07. The second-order valence-corrected chi connectivity index (χ2v) is 5.47. The molecule has 0 aromatic heterocycles. The van der Waals surface area contributed by atoms with E-state index in [0.717, 1.165) is 5.75 Å². The van der Waals surface area contributed by atoms with Gasteiger partial charge < -0.3 is 14.2 Å². The van der Waals surface area contributed by atoms with E-state index in [0.29, 0.717) is 17.1 Å². The number of hydrogen-bond donors (Lipinski definition) is 0. The summed E-state index contributed by atoms with van der Waals surface area (Å²) in [5.74, 6) is 0.972. The van der Waals surface area contributed by atoms with Gasteiger partial charge in [0.05, 0.1) is 14.2 Å². The van der Waals surface area contributed by atoms with Gasteiger partial charge in [-0.3, -0.25) is 9.59 Å². The van der Waals surface area contributed by atoms with Crippen molar-refractivity contribution in [1.82, 2.24) is 0 Å². The first kappa shape index (κ1) is 17.0. The predicted octanol–water partition coefficient (Wildman–Crippen LogP) is 3.61. The molecule has 1 atom stereocenters. The Balaban J connectivity index is 2.06. The topological polar surface area (TPSA) is 61.8 Å². The van der Waals surface area contributed by atoms with E-state index in [2.05, 4.69) is 20.7 Å². The van der Waals surface area contributed by atoms with Crippen LogP contribution in [0.4, 0.5) is 0 Å². The highest BCUT2D eigenvalue weighted by Crippen LogP contribution is 2.24. The average molecular weight is 379 g/mol. The molecule has 2 aromatic rings. The first-order chi connectivity index (χ1) is 11.0. The molecule has 6 heteroatoms. The zero-order chi connectivity index (χ0) is 16.8. The van der Waals surface area contributed by atoms with Crippen molar-refractivity contribution < 1.29 is 23.8 Å². The van der Waals surface area contributed by atoms with Crippen LogP contribution in [0.3, 0.4) is 0 Å². The summed E-state index contributed by atoms with van der Waals surface area (Å²) in [5.41, 5.74) is 0.388. The summed E-state index contributed by atoms with van der Waals surface area (Å²) in [5, 5.41) is 0. The second kappa shape index (κ2) is 7.78. The largest absolute Gasteiger partial charge is 0.497 e. The summed E-state index contributed by atoms with van der Waals surface area (Å²) in [6, 6.07) is 13.7. The Kier molecular flexibility index (Phi) is 5.76. The van der Waals surface area contributed by atoms with Crippen LogP contribution in [0.2, 0.25) is 0 Å². The quantitative estimate of drug-likeness (QED) is 0.332. The lowest BCUT2D eigenvalue weighted by atomic mass is 10.1. The number of alkyl halides is 1. The van der Waals surface area contributed by atoms with Crippen LogP contribution in [-0.2, 0) is 9.53 Å². The van der Waals surface area contributed by atoms with Crippen molar-refractivity contribution in [1.29, 1.82) is 0 Å². The van der Waals surface area contributed by atoms with Crippen LogP contribution in [-0.4, -0.2) is 30.8 Å². The molecule has 2 aromatic carbocycles. The van der Waals surface area contributed by atoms with Gasteiger partial charge in [-0.2, -0.15) is 0 Å². The molecule has 1 unspecified atom stereocenters. The number of rotatable bonds is 6. The Hall–Kier alpha value is -2.34.